The summed E-state index contributed by atoms with van der Waals surface area (Å²) >= 11 is 3.07. The van der Waals surface area contributed by atoms with E-state index in [1.54, 1.807) is 0 Å². The molecule has 7 heteroatoms. The summed E-state index contributed by atoms with van der Waals surface area (Å²) in [5.41, 5.74) is -0.444. The molecule has 19 heavy (non-hydrogen) atoms. The topological polar surface area (TPSA) is 59.4 Å². The number of hydrogen-bond donors (Lipinski definition) is 1. The number of rotatable bonds is 3. The lowest BCUT2D eigenvalue weighted by atomic mass is 10.2. The highest BCUT2D eigenvalue weighted by molar-refractivity contribution is 9.10. The highest BCUT2D eigenvalue weighted by atomic mass is 79.9. The zero-order valence-electron chi connectivity index (χ0n) is 9.23. The van der Waals surface area contributed by atoms with Crippen molar-refractivity contribution >= 4 is 21.9 Å². The van der Waals surface area contributed by atoms with Crippen molar-refractivity contribution in [1.29, 1.82) is 0 Å². The van der Waals surface area contributed by atoms with E-state index in [-0.39, 0.29) is 11.6 Å². The minimum atomic E-state index is -1.39. The van der Waals surface area contributed by atoms with Crippen molar-refractivity contribution in [2.75, 3.05) is 0 Å². The number of pyridine rings is 1. The van der Waals surface area contributed by atoms with Gasteiger partial charge in [0.1, 0.15) is 22.9 Å². The van der Waals surface area contributed by atoms with Gasteiger partial charge in [0.15, 0.2) is 0 Å². The van der Waals surface area contributed by atoms with Gasteiger partial charge in [0.05, 0.1) is 6.20 Å². The van der Waals surface area contributed by atoms with Gasteiger partial charge in [-0.1, -0.05) is 15.9 Å². The number of aromatic carboxylic acids is 1. The molecule has 0 saturated carbocycles. The summed E-state index contributed by atoms with van der Waals surface area (Å²) in [6, 6.07) is 4.48. The van der Waals surface area contributed by atoms with E-state index in [0.717, 1.165) is 18.3 Å². The number of halogens is 3. The Hall–Kier alpha value is -2.02. The first-order chi connectivity index (χ1) is 8.95. The Morgan fingerprint density at radius 2 is 1.95 bits per heavy atom. The zero-order valence-corrected chi connectivity index (χ0v) is 10.8. The van der Waals surface area contributed by atoms with E-state index in [1.165, 1.54) is 12.1 Å². The molecule has 1 aromatic heterocycles. The molecule has 1 aromatic carbocycles. The van der Waals surface area contributed by atoms with E-state index in [2.05, 4.69) is 20.9 Å². The number of carboxylic acids is 1. The molecule has 0 amide bonds. The van der Waals surface area contributed by atoms with Crippen LogP contribution in [0.3, 0.4) is 0 Å². The van der Waals surface area contributed by atoms with Crippen LogP contribution in [0.4, 0.5) is 8.78 Å². The minimum absolute atomic E-state index is 0.0495. The van der Waals surface area contributed by atoms with Crippen LogP contribution in [0, 0.1) is 11.6 Å². The standard InChI is InChI=1S/C12H6BrF2NO3/c13-6-1-7(14)3-9(2-6)19-11-10(12(17)18)4-8(15)5-16-11/h1-5H,(H,17,18). The lowest BCUT2D eigenvalue weighted by molar-refractivity contribution is 0.0692. The molecule has 0 radical (unpaired) electrons. The van der Waals surface area contributed by atoms with Gasteiger partial charge in [0.25, 0.3) is 0 Å². The second-order valence-corrected chi connectivity index (χ2v) is 4.43. The van der Waals surface area contributed by atoms with Gasteiger partial charge in [0, 0.05) is 10.5 Å². The average molecular weight is 330 g/mol. The summed E-state index contributed by atoms with van der Waals surface area (Å²) in [5.74, 6) is -3.02. The monoisotopic (exact) mass is 329 g/mol. The zero-order chi connectivity index (χ0) is 14.0. The molecule has 1 N–H and O–H groups in total. The molecule has 0 unspecified atom stereocenters. The number of nitrogens with zero attached hydrogens (tertiary/aromatic N) is 1. The van der Waals surface area contributed by atoms with Crippen LogP contribution in [-0.2, 0) is 0 Å². The van der Waals surface area contributed by atoms with Gasteiger partial charge in [-0.15, -0.1) is 0 Å². The third-order valence-corrected chi connectivity index (χ3v) is 2.56. The van der Waals surface area contributed by atoms with E-state index < -0.39 is 23.2 Å². The predicted molar refractivity (Wildman–Crippen MR) is 65.3 cm³/mol. The first kappa shape index (κ1) is 13.4. The van der Waals surface area contributed by atoms with Gasteiger partial charge in [-0.3, -0.25) is 0 Å². The van der Waals surface area contributed by atoms with Crippen LogP contribution in [-0.4, -0.2) is 16.1 Å². The van der Waals surface area contributed by atoms with E-state index in [1.807, 2.05) is 0 Å². The Morgan fingerprint density at radius 1 is 1.21 bits per heavy atom. The molecule has 0 aliphatic heterocycles. The van der Waals surface area contributed by atoms with Crippen molar-refractivity contribution in [3.63, 3.8) is 0 Å². The van der Waals surface area contributed by atoms with Crippen LogP contribution >= 0.6 is 15.9 Å². The fourth-order valence-corrected chi connectivity index (χ4v) is 1.80. The van der Waals surface area contributed by atoms with Crippen molar-refractivity contribution < 1.29 is 23.4 Å². The van der Waals surface area contributed by atoms with Crippen molar-refractivity contribution in [2.45, 2.75) is 0 Å². The Labute approximate surface area is 114 Å². The predicted octanol–water partition coefficient (Wildman–Crippen LogP) is 3.61. The van der Waals surface area contributed by atoms with E-state index in [9.17, 15) is 13.6 Å². The highest BCUT2D eigenvalue weighted by Gasteiger charge is 2.15. The molecule has 0 fully saturated rings. The molecular weight excluding hydrogens is 324 g/mol. The van der Waals surface area contributed by atoms with Gasteiger partial charge in [-0.05, 0) is 18.2 Å². The molecule has 0 bridgehead atoms. The fraction of sp³-hybridized carbons (Fsp3) is 0. The van der Waals surface area contributed by atoms with Crippen LogP contribution in [0.25, 0.3) is 0 Å². The molecule has 0 saturated heterocycles. The van der Waals surface area contributed by atoms with Gasteiger partial charge >= 0.3 is 5.97 Å². The summed E-state index contributed by atoms with van der Waals surface area (Å²) in [6.45, 7) is 0. The number of carboxylic acid groups (broad SMARTS) is 1. The summed E-state index contributed by atoms with van der Waals surface area (Å²) in [6.07, 6.45) is 0.816. The Balaban J connectivity index is 2.40. The third kappa shape index (κ3) is 3.25. The van der Waals surface area contributed by atoms with Crippen molar-refractivity contribution in [3.05, 3.63) is 52.1 Å². The summed E-state index contributed by atoms with van der Waals surface area (Å²) in [5, 5.41) is 8.91. The van der Waals surface area contributed by atoms with Crippen molar-refractivity contribution in [3.8, 4) is 11.6 Å². The minimum Gasteiger partial charge on any atom is -0.477 e. The molecule has 1 heterocycles. The smallest absolute Gasteiger partial charge is 0.341 e. The number of hydrogen-bond acceptors (Lipinski definition) is 3. The van der Waals surface area contributed by atoms with Gasteiger partial charge in [-0.25, -0.2) is 18.6 Å². The largest absolute Gasteiger partial charge is 0.477 e. The molecule has 0 atom stereocenters. The number of carbonyl (C=O) groups is 1. The molecule has 0 spiro atoms. The molecular formula is C12H6BrF2NO3. The second-order valence-electron chi connectivity index (χ2n) is 3.52. The van der Waals surface area contributed by atoms with E-state index in [0.29, 0.717) is 4.47 Å². The second kappa shape index (κ2) is 5.31. The fourth-order valence-electron chi connectivity index (χ4n) is 1.36. The Morgan fingerprint density at radius 3 is 2.58 bits per heavy atom. The third-order valence-electron chi connectivity index (χ3n) is 2.10. The molecule has 2 rings (SSSR count). The van der Waals surface area contributed by atoms with Crippen LogP contribution in [0.5, 0.6) is 11.6 Å². The maximum atomic E-state index is 13.1. The van der Waals surface area contributed by atoms with E-state index >= 15 is 0 Å². The highest BCUT2D eigenvalue weighted by Crippen LogP contribution is 2.27. The van der Waals surface area contributed by atoms with Crippen molar-refractivity contribution in [2.24, 2.45) is 0 Å². The normalized spacial score (nSPS) is 10.3. The lowest BCUT2D eigenvalue weighted by Gasteiger charge is -2.08. The van der Waals surface area contributed by atoms with Crippen LogP contribution in [0.1, 0.15) is 10.4 Å². The van der Waals surface area contributed by atoms with Crippen LogP contribution in [0.15, 0.2) is 34.9 Å². The number of ether oxygens (including phenoxy) is 1. The maximum absolute atomic E-state index is 13.1. The van der Waals surface area contributed by atoms with Gasteiger partial charge < -0.3 is 9.84 Å². The number of aromatic nitrogens is 1. The molecule has 98 valence electrons. The molecule has 4 nitrogen and oxygen atoms in total. The lowest BCUT2D eigenvalue weighted by Crippen LogP contribution is -2.03. The molecule has 0 aliphatic rings. The number of benzene rings is 1. The van der Waals surface area contributed by atoms with Crippen molar-refractivity contribution in [1.82, 2.24) is 4.98 Å². The van der Waals surface area contributed by atoms with Crippen LogP contribution < -0.4 is 4.74 Å². The Kier molecular flexibility index (Phi) is 3.75. The van der Waals surface area contributed by atoms with Gasteiger partial charge in [0.2, 0.25) is 5.88 Å². The summed E-state index contributed by atoms with van der Waals surface area (Å²) < 4.78 is 31.6. The Bertz CT molecular complexity index is 629. The first-order valence-electron chi connectivity index (χ1n) is 4.98. The van der Waals surface area contributed by atoms with E-state index in [4.69, 9.17) is 9.84 Å². The average Bonchev–Trinajstić information content (AvgIpc) is 2.30. The first-order valence-corrected chi connectivity index (χ1v) is 5.78. The quantitative estimate of drug-likeness (QED) is 0.934. The molecule has 2 aromatic rings. The summed E-state index contributed by atoms with van der Waals surface area (Å²) in [7, 11) is 0. The maximum Gasteiger partial charge on any atom is 0.341 e. The van der Waals surface area contributed by atoms with Crippen LogP contribution in [0.2, 0.25) is 0 Å². The van der Waals surface area contributed by atoms with Gasteiger partial charge in [-0.2, -0.15) is 0 Å². The SMILES string of the molecule is O=C(O)c1cc(F)cnc1Oc1cc(F)cc(Br)c1. The molecule has 0 aliphatic carbocycles. The summed E-state index contributed by atoms with van der Waals surface area (Å²) in [4.78, 5) is 14.5.